The van der Waals surface area contributed by atoms with Gasteiger partial charge in [0.15, 0.2) is 11.5 Å². The van der Waals surface area contributed by atoms with Gasteiger partial charge in [-0.25, -0.2) is 0 Å². The Labute approximate surface area is 191 Å². The average molecular weight is 457 g/mol. The topological polar surface area (TPSA) is 84.9 Å². The molecular weight excluding hydrogens is 432 g/mol. The zero-order valence-corrected chi connectivity index (χ0v) is 19.0. The van der Waals surface area contributed by atoms with Gasteiger partial charge in [0.2, 0.25) is 5.91 Å². The number of nitrogens with one attached hydrogen (secondary N) is 1. The lowest BCUT2D eigenvalue weighted by Gasteiger charge is -2.16. The van der Waals surface area contributed by atoms with Crippen LogP contribution in [0.1, 0.15) is 31.9 Å². The second-order valence-corrected chi connectivity index (χ2v) is 7.48. The van der Waals surface area contributed by atoms with Gasteiger partial charge in [0.05, 0.1) is 18.8 Å². The Morgan fingerprint density at radius 2 is 1.62 bits per heavy atom. The highest BCUT2D eigenvalue weighted by Gasteiger charge is 2.37. The second-order valence-electron chi connectivity index (χ2n) is 7.11. The molecule has 0 aliphatic carbocycles. The molecule has 0 aromatic heterocycles. The molecule has 8 heteroatoms. The third kappa shape index (κ3) is 5.11. The minimum atomic E-state index is -0.520. The molecule has 0 atom stereocenters. The van der Waals surface area contributed by atoms with Crippen molar-refractivity contribution in [1.82, 2.24) is 4.90 Å². The number of carbonyl (C=O) groups is 3. The van der Waals surface area contributed by atoms with Gasteiger partial charge < -0.3 is 14.8 Å². The molecule has 1 aliphatic heterocycles. The molecule has 1 heterocycles. The number of imide groups is 1. The van der Waals surface area contributed by atoms with Crippen molar-refractivity contribution in [2.45, 2.75) is 27.2 Å². The van der Waals surface area contributed by atoms with Crippen molar-refractivity contribution in [2.75, 3.05) is 25.1 Å². The predicted octanol–water partition coefficient (Wildman–Crippen LogP) is 4.00. The third-order valence-corrected chi connectivity index (χ3v) is 5.19. The summed E-state index contributed by atoms with van der Waals surface area (Å²) in [5.41, 5.74) is 2.17. The van der Waals surface area contributed by atoms with E-state index in [1.807, 2.05) is 32.0 Å². The largest absolute Gasteiger partial charge is 0.490 e. The van der Waals surface area contributed by atoms with Crippen LogP contribution < -0.4 is 14.8 Å². The first kappa shape index (κ1) is 23.3. The molecule has 2 aromatic carbocycles. The standard InChI is InChI=1S/C24H25ClN2O5/c1-4-31-19-11-6-16(14-20(19)32-5-2)12-13-27-23(29)21(22(25)24(27)30)17-7-9-18(10-8-17)26-15(3)28/h6-11,14H,4-5,12-13H2,1-3H3,(H,26,28). The summed E-state index contributed by atoms with van der Waals surface area (Å²) in [6.45, 7) is 6.40. The van der Waals surface area contributed by atoms with Gasteiger partial charge in [-0.05, 0) is 55.7 Å². The van der Waals surface area contributed by atoms with E-state index in [4.69, 9.17) is 21.1 Å². The SMILES string of the molecule is CCOc1ccc(CCN2C(=O)C(Cl)=C(c3ccc(NC(C)=O)cc3)C2=O)cc1OCC. The molecule has 0 radical (unpaired) electrons. The molecule has 32 heavy (non-hydrogen) atoms. The van der Waals surface area contributed by atoms with E-state index in [-0.39, 0.29) is 23.1 Å². The molecule has 0 saturated heterocycles. The van der Waals surface area contributed by atoms with Gasteiger partial charge in [-0.1, -0.05) is 29.8 Å². The van der Waals surface area contributed by atoms with Crippen LogP contribution in [0.25, 0.3) is 5.57 Å². The number of halogens is 1. The van der Waals surface area contributed by atoms with Crippen molar-refractivity contribution in [3.63, 3.8) is 0 Å². The molecule has 0 spiro atoms. The fourth-order valence-corrected chi connectivity index (χ4v) is 3.71. The predicted molar refractivity (Wildman–Crippen MR) is 123 cm³/mol. The van der Waals surface area contributed by atoms with Crippen LogP contribution in [-0.4, -0.2) is 42.4 Å². The number of hydrogen-bond donors (Lipinski definition) is 1. The van der Waals surface area contributed by atoms with Crippen LogP contribution in [0.2, 0.25) is 0 Å². The summed E-state index contributed by atoms with van der Waals surface area (Å²) in [5, 5.41) is 2.55. The maximum Gasteiger partial charge on any atom is 0.273 e. The Morgan fingerprint density at radius 1 is 0.969 bits per heavy atom. The van der Waals surface area contributed by atoms with Crippen molar-refractivity contribution in [3.05, 3.63) is 58.6 Å². The molecule has 2 aromatic rings. The Kier molecular flexibility index (Phi) is 7.53. The molecule has 1 N–H and O–H groups in total. The third-order valence-electron chi connectivity index (χ3n) is 4.84. The quantitative estimate of drug-likeness (QED) is 0.576. The highest BCUT2D eigenvalue weighted by atomic mass is 35.5. The normalized spacial score (nSPS) is 13.6. The molecule has 0 fully saturated rings. The van der Waals surface area contributed by atoms with Crippen molar-refractivity contribution >= 4 is 40.6 Å². The van der Waals surface area contributed by atoms with Crippen molar-refractivity contribution in [3.8, 4) is 11.5 Å². The van der Waals surface area contributed by atoms with Gasteiger partial charge in [0, 0.05) is 19.2 Å². The van der Waals surface area contributed by atoms with Gasteiger partial charge in [-0.2, -0.15) is 0 Å². The fraction of sp³-hybridized carbons (Fsp3) is 0.292. The van der Waals surface area contributed by atoms with Gasteiger partial charge in [-0.15, -0.1) is 0 Å². The first-order valence-electron chi connectivity index (χ1n) is 10.4. The summed E-state index contributed by atoms with van der Waals surface area (Å²) in [4.78, 5) is 38.0. The lowest BCUT2D eigenvalue weighted by Crippen LogP contribution is -2.33. The van der Waals surface area contributed by atoms with Gasteiger partial charge >= 0.3 is 0 Å². The minimum Gasteiger partial charge on any atom is -0.490 e. The zero-order chi connectivity index (χ0) is 23.3. The summed E-state index contributed by atoms with van der Waals surface area (Å²) >= 11 is 6.24. The smallest absolute Gasteiger partial charge is 0.273 e. The summed E-state index contributed by atoms with van der Waals surface area (Å²) in [7, 11) is 0. The van der Waals surface area contributed by atoms with Crippen molar-refractivity contribution < 1.29 is 23.9 Å². The maximum atomic E-state index is 13.0. The first-order chi connectivity index (χ1) is 15.3. The molecule has 0 bridgehead atoms. The van der Waals surface area contributed by atoms with Crippen molar-refractivity contribution in [1.29, 1.82) is 0 Å². The number of amides is 3. The van der Waals surface area contributed by atoms with E-state index in [1.165, 1.54) is 6.92 Å². The number of nitrogens with zero attached hydrogens (tertiary/aromatic N) is 1. The van der Waals surface area contributed by atoms with Crippen LogP contribution in [0.5, 0.6) is 11.5 Å². The number of ether oxygens (including phenoxy) is 2. The molecule has 7 nitrogen and oxygen atoms in total. The number of hydrogen-bond acceptors (Lipinski definition) is 5. The molecule has 168 valence electrons. The maximum absolute atomic E-state index is 13.0. The highest BCUT2D eigenvalue weighted by molar-refractivity contribution is 6.55. The fourth-order valence-electron chi connectivity index (χ4n) is 3.42. The molecule has 0 saturated carbocycles. The highest BCUT2D eigenvalue weighted by Crippen LogP contribution is 2.33. The van der Waals surface area contributed by atoms with Crippen LogP contribution in [0.4, 0.5) is 5.69 Å². The van der Waals surface area contributed by atoms with Crippen LogP contribution in [-0.2, 0) is 20.8 Å². The number of carbonyl (C=O) groups excluding carboxylic acids is 3. The van der Waals surface area contributed by atoms with Crippen LogP contribution in [0.3, 0.4) is 0 Å². The number of benzene rings is 2. The van der Waals surface area contributed by atoms with E-state index >= 15 is 0 Å². The summed E-state index contributed by atoms with van der Waals surface area (Å²) in [6, 6.07) is 12.2. The van der Waals surface area contributed by atoms with E-state index in [1.54, 1.807) is 24.3 Å². The van der Waals surface area contributed by atoms with Crippen LogP contribution >= 0.6 is 11.6 Å². The minimum absolute atomic E-state index is 0.107. The summed E-state index contributed by atoms with van der Waals surface area (Å²) < 4.78 is 11.2. The number of anilines is 1. The van der Waals surface area contributed by atoms with E-state index < -0.39 is 11.8 Å². The Balaban J connectivity index is 1.73. The van der Waals surface area contributed by atoms with Crippen molar-refractivity contribution in [2.24, 2.45) is 0 Å². The molecule has 0 unspecified atom stereocenters. The van der Waals surface area contributed by atoms with Gasteiger partial charge in [-0.3, -0.25) is 19.3 Å². The number of rotatable bonds is 9. The van der Waals surface area contributed by atoms with Gasteiger partial charge in [0.1, 0.15) is 5.03 Å². The average Bonchev–Trinajstić information content (AvgIpc) is 2.97. The Morgan fingerprint density at radius 3 is 2.25 bits per heavy atom. The Hall–Kier alpha value is -3.32. The Bertz CT molecular complexity index is 1060. The van der Waals surface area contributed by atoms with E-state index in [2.05, 4.69) is 5.32 Å². The van der Waals surface area contributed by atoms with Crippen LogP contribution in [0.15, 0.2) is 47.5 Å². The molecule has 3 amide bonds. The monoisotopic (exact) mass is 456 g/mol. The summed E-state index contributed by atoms with van der Waals surface area (Å²) in [6.07, 6.45) is 0.447. The summed E-state index contributed by atoms with van der Waals surface area (Å²) in [5.74, 6) is 0.120. The molecule has 1 aliphatic rings. The first-order valence-corrected chi connectivity index (χ1v) is 10.8. The van der Waals surface area contributed by atoms with Gasteiger partial charge in [0.25, 0.3) is 11.8 Å². The molecule has 3 rings (SSSR count). The van der Waals surface area contributed by atoms with E-state index in [9.17, 15) is 14.4 Å². The van der Waals surface area contributed by atoms with E-state index in [0.29, 0.717) is 42.4 Å². The lowest BCUT2D eigenvalue weighted by atomic mass is 10.1. The van der Waals surface area contributed by atoms with E-state index in [0.717, 1.165) is 10.5 Å². The molecular formula is C24H25ClN2O5. The van der Waals surface area contributed by atoms with Crippen LogP contribution in [0, 0.1) is 0 Å². The second kappa shape index (κ2) is 10.3. The lowest BCUT2D eigenvalue weighted by molar-refractivity contribution is -0.136. The zero-order valence-electron chi connectivity index (χ0n) is 18.2.